The highest BCUT2D eigenvalue weighted by Crippen LogP contribution is 2.39. The molecular formula is C95H142F3N7O14. The van der Waals surface area contributed by atoms with E-state index >= 15 is 0 Å². The number of hydrogen-bond donors (Lipinski definition) is 8. The number of aryl methyl sites for hydroxylation is 2. The Morgan fingerprint density at radius 3 is 1.21 bits per heavy atom. The van der Waals surface area contributed by atoms with E-state index < -0.39 is 80.7 Å². The predicted molar refractivity (Wildman–Crippen MR) is 464 cm³/mol. The fraction of sp³-hybridized carbons (Fsp3) is 0.674. The molecule has 2 aromatic rings. The first-order valence-electron chi connectivity index (χ1n) is 38.9. The van der Waals surface area contributed by atoms with Gasteiger partial charge in [-0.15, -0.1) is 0 Å². The maximum Gasteiger partial charge on any atom is 0.313 e. The molecule has 662 valence electrons. The zero-order chi connectivity index (χ0) is 90.2. The van der Waals surface area contributed by atoms with Crippen LogP contribution in [0.1, 0.15) is 277 Å². The normalized spacial score (nSPS) is 24.7. The van der Waals surface area contributed by atoms with Crippen LogP contribution in [0.25, 0.3) is 0 Å². The van der Waals surface area contributed by atoms with E-state index in [1.165, 1.54) is 19.0 Å². The lowest BCUT2D eigenvalue weighted by Gasteiger charge is -2.20. The van der Waals surface area contributed by atoms with E-state index in [-0.39, 0.29) is 90.1 Å². The van der Waals surface area contributed by atoms with Gasteiger partial charge in [0.1, 0.15) is 11.5 Å². The fourth-order valence-corrected chi connectivity index (χ4v) is 10.2. The minimum Gasteiger partial charge on any atom is -0.442 e. The molecule has 5 fully saturated rings. The number of nitrogens with zero attached hydrogens (tertiary/aromatic N) is 7. The van der Waals surface area contributed by atoms with Crippen LogP contribution in [0.3, 0.4) is 0 Å². The third-order valence-electron chi connectivity index (χ3n) is 16.8. The molecule has 3 aliphatic carbocycles. The quantitative estimate of drug-likeness (QED) is 0.130. The highest BCUT2D eigenvalue weighted by Gasteiger charge is 2.65. The van der Waals surface area contributed by atoms with Crippen LogP contribution in [0.2, 0.25) is 0 Å². The van der Waals surface area contributed by atoms with Crippen LogP contribution in [0.5, 0.6) is 0 Å². The molecule has 24 heteroatoms. The molecule has 2 saturated carbocycles. The van der Waals surface area contributed by atoms with Gasteiger partial charge in [-0.2, -0.15) is 19.0 Å². The van der Waals surface area contributed by atoms with Crippen LogP contribution in [0, 0.1) is 145 Å². The van der Waals surface area contributed by atoms with Crippen LogP contribution < -0.4 is 0 Å². The van der Waals surface area contributed by atoms with Gasteiger partial charge in [-0.05, 0) is 243 Å². The zero-order valence-electron chi connectivity index (χ0n) is 74.4. The summed E-state index contributed by atoms with van der Waals surface area (Å²) in [5.74, 6) is 39.2. The number of oxazole rings is 1. The van der Waals surface area contributed by atoms with Crippen molar-refractivity contribution in [2.75, 3.05) is 47.3 Å². The molecule has 0 aromatic carbocycles. The number of likely N-dealkylation sites (tertiary alicyclic amines) is 3. The van der Waals surface area contributed by atoms with Gasteiger partial charge in [-0.25, -0.2) is 9.37 Å². The molecule has 21 nitrogen and oxygen atoms in total. The van der Waals surface area contributed by atoms with Gasteiger partial charge in [-0.3, -0.25) is 29.0 Å². The van der Waals surface area contributed by atoms with Gasteiger partial charge in [0.25, 0.3) is 23.3 Å². The van der Waals surface area contributed by atoms with E-state index in [1.54, 1.807) is 67.1 Å². The van der Waals surface area contributed by atoms with Crippen molar-refractivity contribution in [3.05, 3.63) is 59.2 Å². The van der Waals surface area contributed by atoms with Crippen LogP contribution in [-0.4, -0.2) is 188 Å². The Balaban J connectivity index is 0. The summed E-state index contributed by atoms with van der Waals surface area (Å²) in [7, 11) is 4.34. The largest absolute Gasteiger partial charge is 0.442 e. The van der Waals surface area contributed by atoms with E-state index in [0.717, 1.165) is 40.3 Å². The van der Waals surface area contributed by atoms with Gasteiger partial charge in [-0.1, -0.05) is 123 Å². The number of aliphatic hydroxyl groups is 8. The van der Waals surface area contributed by atoms with Gasteiger partial charge < -0.3 is 60.0 Å². The molecule has 8 N–H and O–H groups in total. The predicted octanol–water partition coefficient (Wildman–Crippen LogP) is 13.7. The number of halogens is 3. The van der Waals surface area contributed by atoms with Crippen molar-refractivity contribution in [1.82, 2.24) is 24.7 Å². The second kappa shape index (κ2) is 42.3. The standard InChI is InChI=1S/C14H17NO.C12H17NO2.C11H15F2NO2.C11H16FNO2.C11H16N2O.C11H17NO2.2C11H16O2.3CH4/c1-13(2,3)8-9-14(16)7-6-11-5-4-10-15-12(11)14;1-9-8-13-10(15-9)12(5,14)7-6-11(2,3)4;1-9(2,3)5-6-10(16)8(15)14(4)7-11(10,12)13;1-10(2,3)5-6-11(15)8(12)7-13(4)9(11)14;1-10(2,3)6-7-11(4,14)9-5-8-12-13-9;1-10(2,3)5-6-11(14)7-8-12(4)9(11)13;2*1-10(2,3)7-8-11(13)6-4-5-9(11)12;;;/h4-5,10,16H,6-7H2,1-3H3;8,14H,1-5H3;16H,7H2,1-4H3;8,15H,7H2,1-4H3;5,14H,8H2,1-4H3;14H,7-8H2,1-4H3;2*13H,4-6H2,1-3H3;3*1H4/t;12-;;;;;;;;;/m.0........./s1. The third kappa shape index (κ3) is 37.1. The number of pyridine rings is 1. The van der Waals surface area contributed by atoms with E-state index in [2.05, 4.69) is 109 Å². The fourth-order valence-electron chi connectivity index (χ4n) is 10.2. The minimum absolute atomic E-state index is 0. The number of fused-ring (bicyclic) bond motifs is 1. The number of likely N-dealkylation sites (N-methyl/N-ethyl adjacent to an activating group) is 3. The SMILES string of the molecule is C.C.C.CC(C)(C)C#CC(C)(O)C1=CCN=N1.CC(C)(C)C#CC1(O)CCCC1=O.CC(C)(C)C#CC1(O)CCCC1=O.CC(C)(C)C#CC1(O)CCc2cccnc21.CN1CC(F)(F)C(O)(C#CC(C)(C)C)C1=O.CN1CC(F)C(O)(C#CC(C)(C)C)C1=O.CN1CCC(O)(C#CC(C)(C)C)C1=O.Cc1cnc([C@@](C)(O)C#CC(C)(C)C)o1. The van der Waals surface area contributed by atoms with Crippen LogP contribution in [-0.2, 0) is 41.6 Å². The first-order valence-corrected chi connectivity index (χ1v) is 38.9. The maximum absolute atomic E-state index is 13.5. The van der Waals surface area contributed by atoms with E-state index in [9.17, 15) is 78.0 Å². The monoisotopic (exact) mass is 1660 g/mol. The van der Waals surface area contributed by atoms with E-state index in [1.807, 2.05) is 163 Å². The van der Waals surface area contributed by atoms with Crippen molar-refractivity contribution in [1.29, 1.82) is 0 Å². The molecule has 0 spiro atoms. The highest BCUT2D eigenvalue weighted by molar-refractivity contribution is 5.94. The second-order valence-corrected chi connectivity index (χ2v) is 38.9. The van der Waals surface area contributed by atoms with Crippen molar-refractivity contribution < 1.29 is 82.4 Å². The smallest absolute Gasteiger partial charge is 0.313 e. The number of azo groups is 1. The lowest BCUT2D eigenvalue weighted by Crippen LogP contribution is -2.49. The summed E-state index contributed by atoms with van der Waals surface area (Å²) in [5, 5.41) is 87.2. The Kier molecular flexibility index (Phi) is 39.9. The molecule has 119 heavy (non-hydrogen) atoms. The number of alkyl halides is 3. The molecule has 2 aromatic heterocycles. The molecule has 0 bridgehead atoms. The first kappa shape index (κ1) is 112. The number of carbonyl (C=O) groups excluding carboxylic acids is 5. The average molecular weight is 1660 g/mol. The van der Waals surface area contributed by atoms with E-state index in [4.69, 9.17) is 4.42 Å². The Morgan fingerprint density at radius 1 is 0.471 bits per heavy atom. The molecule has 3 amide bonds. The van der Waals surface area contributed by atoms with Gasteiger partial charge in [0.05, 0.1) is 31.5 Å². The average Bonchev–Trinajstić information content (AvgIpc) is 1.60. The lowest BCUT2D eigenvalue weighted by atomic mass is 9.93. The summed E-state index contributed by atoms with van der Waals surface area (Å²) in [4.78, 5) is 68.7. The molecule has 8 unspecified atom stereocenters. The molecule has 9 atom stereocenters. The van der Waals surface area contributed by atoms with Crippen molar-refractivity contribution in [2.45, 2.75) is 324 Å². The molecule has 4 aliphatic heterocycles. The Morgan fingerprint density at radius 2 is 0.874 bits per heavy atom. The molecular weight excluding hydrogens is 1520 g/mol. The number of carbonyl (C=O) groups is 5. The van der Waals surface area contributed by atoms with E-state index in [0.29, 0.717) is 63.1 Å². The maximum atomic E-state index is 13.5. The summed E-state index contributed by atoms with van der Waals surface area (Å²) in [5.41, 5.74) is -12.0. The molecule has 6 heterocycles. The third-order valence-corrected chi connectivity index (χ3v) is 16.8. The van der Waals surface area contributed by atoms with Crippen LogP contribution in [0.15, 0.2) is 50.9 Å². The Labute approximate surface area is 711 Å². The molecule has 9 rings (SSSR count). The Hall–Kier alpha value is -8.60. The topological polar surface area (TPSA) is 321 Å². The number of Topliss-reactive ketones (excluding diaryl/α,β-unsaturated/α-hetero) is 2. The minimum atomic E-state index is -3.53. The summed E-state index contributed by atoms with van der Waals surface area (Å²) in [6.07, 6.45) is 8.81. The number of rotatable bonds is 2. The lowest BCUT2D eigenvalue weighted by molar-refractivity contribution is -0.153. The van der Waals surface area contributed by atoms with Crippen molar-refractivity contribution >= 4 is 29.3 Å². The molecule has 7 aliphatic rings. The number of ketones is 2. The van der Waals surface area contributed by atoms with Crippen LogP contribution >= 0.6 is 0 Å². The molecule has 0 radical (unpaired) electrons. The number of amides is 3. The van der Waals surface area contributed by atoms with Gasteiger partial charge >= 0.3 is 5.92 Å². The van der Waals surface area contributed by atoms with Gasteiger partial charge in [0.15, 0.2) is 45.7 Å². The summed E-state index contributed by atoms with van der Waals surface area (Å²) in [6.45, 7) is 51.5. The highest BCUT2D eigenvalue weighted by atomic mass is 19.3. The summed E-state index contributed by atoms with van der Waals surface area (Å²) in [6, 6.07) is 3.92. The molecule has 3 saturated heterocycles. The summed E-state index contributed by atoms with van der Waals surface area (Å²) < 4.78 is 45.6. The number of hydrogen-bond acceptors (Lipinski definition) is 18. The van der Waals surface area contributed by atoms with Crippen LogP contribution in [0.4, 0.5) is 13.2 Å². The second-order valence-electron chi connectivity index (χ2n) is 38.9. The zero-order valence-corrected chi connectivity index (χ0v) is 74.4. The van der Waals surface area contributed by atoms with Crippen molar-refractivity contribution in [2.24, 2.45) is 53.5 Å². The Bertz CT molecular complexity index is 4400. The first-order chi connectivity index (χ1) is 52.0. The number of aromatic nitrogens is 2. The van der Waals surface area contributed by atoms with Gasteiger partial charge in [0.2, 0.25) is 17.1 Å². The van der Waals surface area contributed by atoms with Crippen molar-refractivity contribution in [3.8, 4) is 94.7 Å². The van der Waals surface area contributed by atoms with Gasteiger partial charge in [0, 0.05) is 96.5 Å². The van der Waals surface area contributed by atoms with Crippen molar-refractivity contribution in [3.63, 3.8) is 0 Å². The summed E-state index contributed by atoms with van der Waals surface area (Å²) >= 11 is 0.